The van der Waals surface area contributed by atoms with Gasteiger partial charge in [0, 0.05) is 5.92 Å². The van der Waals surface area contributed by atoms with Gasteiger partial charge in [0.2, 0.25) is 0 Å². The highest BCUT2D eigenvalue weighted by Gasteiger charge is 2.14. The van der Waals surface area contributed by atoms with Gasteiger partial charge in [0.1, 0.15) is 5.75 Å². The van der Waals surface area contributed by atoms with E-state index in [1.165, 1.54) is 6.07 Å². The molecule has 0 bridgehead atoms. The van der Waals surface area contributed by atoms with Gasteiger partial charge in [-0.2, -0.15) is 0 Å². The zero-order valence-electron chi connectivity index (χ0n) is 13.6. The number of ether oxygens (including phenoxy) is 1. The first-order valence-corrected chi connectivity index (χ1v) is 7.86. The first-order chi connectivity index (χ1) is 11.0. The van der Waals surface area contributed by atoms with E-state index in [1.54, 1.807) is 6.07 Å². The molecule has 2 aromatic carbocycles. The van der Waals surface area contributed by atoms with Crippen molar-refractivity contribution in [1.29, 1.82) is 0 Å². The van der Waals surface area contributed by atoms with Crippen LogP contribution in [-0.4, -0.2) is 13.2 Å². The van der Waals surface area contributed by atoms with Crippen molar-refractivity contribution in [1.82, 2.24) is 0 Å². The van der Waals surface area contributed by atoms with E-state index in [0.29, 0.717) is 31.1 Å². The van der Waals surface area contributed by atoms with Crippen LogP contribution >= 0.6 is 0 Å². The fraction of sp³-hybridized carbons (Fsp3) is 0.368. The number of halogens is 2. The molecule has 0 aliphatic carbocycles. The Labute approximate surface area is 136 Å². The van der Waals surface area contributed by atoms with Crippen LogP contribution in [0.4, 0.5) is 8.78 Å². The summed E-state index contributed by atoms with van der Waals surface area (Å²) in [5.74, 6) is -0.469. The molecule has 124 valence electrons. The Bertz CT molecular complexity index is 643. The van der Waals surface area contributed by atoms with E-state index in [-0.39, 0.29) is 5.92 Å². The molecule has 2 nitrogen and oxygen atoms in total. The second kappa shape index (κ2) is 8.06. The van der Waals surface area contributed by atoms with Crippen LogP contribution in [0.1, 0.15) is 30.9 Å². The normalized spacial score (nSPS) is 12.4. The van der Waals surface area contributed by atoms with Crippen LogP contribution in [0.2, 0.25) is 0 Å². The number of nitrogens with two attached hydrogens (primary N) is 1. The lowest BCUT2D eigenvalue weighted by atomic mass is 9.92. The minimum Gasteiger partial charge on any atom is -0.493 e. The van der Waals surface area contributed by atoms with Crippen molar-refractivity contribution in [2.75, 3.05) is 13.2 Å². The van der Waals surface area contributed by atoms with Crippen molar-refractivity contribution in [3.05, 3.63) is 65.2 Å². The van der Waals surface area contributed by atoms with E-state index >= 15 is 0 Å². The van der Waals surface area contributed by atoms with Gasteiger partial charge in [-0.05, 0) is 54.3 Å². The smallest absolute Gasteiger partial charge is 0.159 e. The molecule has 0 aliphatic heterocycles. The lowest BCUT2D eigenvalue weighted by Crippen LogP contribution is -2.15. The van der Waals surface area contributed by atoms with E-state index in [4.69, 9.17) is 10.5 Å². The molecule has 0 saturated carbocycles. The molecule has 23 heavy (non-hydrogen) atoms. The summed E-state index contributed by atoms with van der Waals surface area (Å²) in [5, 5.41) is 0. The van der Waals surface area contributed by atoms with Gasteiger partial charge in [-0.15, -0.1) is 0 Å². The van der Waals surface area contributed by atoms with Crippen molar-refractivity contribution in [2.24, 2.45) is 11.7 Å². The molecule has 0 amide bonds. The molecule has 0 saturated heterocycles. The van der Waals surface area contributed by atoms with E-state index in [2.05, 4.69) is 13.8 Å². The maximum atomic E-state index is 13.4. The van der Waals surface area contributed by atoms with E-state index in [0.717, 1.165) is 17.4 Å². The fourth-order valence-corrected chi connectivity index (χ4v) is 2.41. The number of benzene rings is 2. The topological polar surface area (TPSA) is 35.2 Å². The first kappa shape index (κ1) is 17.4. The van der Waals surface area contributed by atoms with E-state index < -0.39 is 11.6 Å². The zero-order valence-corrected chi connectivity index (χ0v) is 13.6. The van der Waals surface area contributed by atoms with E-state index in [1.807, 2.05) is 24.3 Å². The zero-order chi connectivity index (χ0) is 16.8. The third-order valence-electron chi connectivity index (χ3n) is 3.66. The highest BCUT2D eigenvalue weighted by Crippen LogP contribution is 2.24. The maximum absolute atomic E-state index is 13.4. The molecule has 0 heterocycles. The molecular weight excluding hydrogens is 296 g/mol. The summed E-state index contributed by atoms with van der Waals surface area (Å²) < 4.78 is 32.2. The largest absolute Gasteiger partial charge is 0.493 e. The summed E-state index contributed by atoms with van der Waals surface area (Å²) in [6, 6.07) is 11.8. The Morgan fingerprint density at radius 2 is 1.83 bits per heavy atom. The molecule has 0 radical (unpaired) electrons. The summed E-state index contributed by atoms with van der Waals surface area (Å²) in [7, 11) is 0. The van der Waals surface area contributed by atoms with Gasteiger partial charge in [0.25, 0.3) is 0 Å². The maximum Gasteiger partial charge on any atom is 0.159 e. The Morgan fingerprint density at radius 1 is 1.04 bits per heavy atom. The van der Waals surface area contributed by atoms with Gasteiger partial charge >= 0.3 is 0 Å². The van der Waals surface area contributed by atoms with E-state index in [9.17, 15) is 8.78 Å². The second-order valence-electron chi connectivity index (χ2n) is 6.16. The molecule has 1 atom stereocenters. The van der Waals surface area contributed by atoms with Crippen molar-refractivity contribution >= 4 is 0 Å². The lowest BCUT2D eigenvalue weighted by molar-refractivity contribution is 0.271. The summed E-state index contributed by atoms with van der Waals surface area (Å²) in [4.78, 5) is 0. The fourth-order valence-electron chi connectivity index (χ4n) is 2.41. The van der Waals surface area contributed by atoms with Crippen molar-refractivity contribution in [3.63, 3.8) is 0 Å². The van der Waals surface area contributed by atoms with Crippen LogP contribution in [0, 0.1) is 17.6 Å². The number of rotatable bonds is 7. The van der Waals surface area contributed by atoms with Crippen LogP contribution in [0.25, 0.3) is 0 Å². The Balaban J connectivity index is 2.12. The van der Waals surface area contributed by atoms with Crippen LogP contribution in [0.15, 0.2) is 42.5 Å². The van der Waals surface area contributed by atoms with Gasteiger partial charge in [-0.1, -0.05) is 32.0 Å². The molecule has 0 aliphatic rings. The van der Waals surface area contributed by atoms with Gasteiger partial charge in [0.05, 0.1) is 6.61 Å². The predicted octanol–water partition coefficient (Wildman–Crippen LogP) is 4.28. The monoisotopic (exact) mass is 319 g/mol. The van der Waals surface area contributed by atoms with Crippen LogP contribution in [0.3, 0.4) is 0 Å². The van der Waals surface area contributed by atoms with Gasteiger partial charge < -0.3 is 10.5 Å². The lowest BCUT2D eigenvalue weighted by Gasteiger charge is -2.16. The second-order valence-corrected chi connectivity index (χ2v) is 6.16. The molecule has 0 fully saturated rings. The summed E-state index contributed by atoms with van der Waals surface area (Å²) in [5.41, 5.74) is 7.60. The summed E-state index contributed by atoms with van der Waals surface area (Å²) in [6.07, 6.45) is 0.653. The van der Waals surface area contributed by atoms with Crippen LogP contribution in [0.5, 0.6) is 5.75 Å². The van der Waals surface area contributed by atoms with Gasteiger partial charge in [-0.3, -0.25) is 0 Å². The van der Waals surface area contributed by atoms with Crippen molar-refractivity contribution in [2.45, 2.75) is 26.2 Å². The van der Waals surface area contributed by atoms with Crippen molar-refractivity contribution < 1.29 is 13.5 Å². The third-order valence-corrected chi connectivity index (χ3v) is 3.66. The predicted molar refractivity (Wildman–Crippen MR) is 88.6 cm³/mol. The molecule has 1 unspecified atom stereocenters. The molecule has 0 aromatic heterocycles. The molecule has 4 heteroatoms. The molecule has 2 N–H and O–H groups in total. The Morgan fingerprint density at radius 3 is 2.48 bits per heavy atom. The van der Waals surface area contributed by atoms with Gasteiger partial charge in [0.15, 0.2) is 11.6 Å². The number of hydrogen-bond acceptors (Lipinski definition) is 2. The average molecular weight is 319 g/mol. The molecule has 2 rings (SSSR count). The summed E-state index contributed by atoms with van der Waals surface area (Å²) >= 11 is 0. The molecular formula is C19H23F2NO. The Hall–Kier alpha value is -1.94. The molecule has 2 aromatic rings. The number of hydrogen-bond donors (Lipinski definition) is 1. The van der Waals surface area contributed by atoms with Crippen LogP contribution in [-0.2, 0) is 6.42 Å². The highest BCUT2D eigenvalue weighted by atomic mass is 19.2. The standard InChI is InChI=1S/C19H23F2NO/c1-13(2)12-23-17-5-3-4-14(9-17)8-16(11-22)15-6-7-18(20)19(21)10-15/h3-7,9-10,13,16H,8,11-12,22H2,1-2H3. The first-order valence-electron chi connectivity index (χ1n) is 7.86. The Kier molecular flexibility index (Phi) is 6.11. The quantitative estimate of drug-likeness (QED) is 0.826. The SMILES string of the molecule is CC(C)COc1cccc(CC(CN)c2ccc(F)c(F)c2)c1. The minimum atomic E-state index is -0.839. The summed E-state index contributed by atoms with van der Waals surface area (Å²) in [6.45, 7) is 5.21. The highest BCUT2D eigenvalue weighted by molar-refractivity contribution is 5.31. The van der Waals surface area contributed by atoms with Crippen LogP contribution < -0.4 is 10.5 Å². The minimum absolute atomic E-state index is 0.0644. The molecule has 0 spiro atoms. The average Bonchev–Trinajstić information content (AvgIpc) is 2.54. The van der Waals surface area contributed by atoms with Crippen molar-refractivity contribution in [3.8, 4) is 5.75 Å². The van der Waals surface area contributed by atoms with Gasteiger partial charge in [-0.25, -0.2) is 8.78 Å². The third kappa shape index (κ3) is 5.03.